The highest BCUT2D eigenvalue weighted by Crippen LogP contribution is 2.23. The molecule has 10 nitrogen and oxygen atoms in total. The molecule has 0 bridgehead atoms. The number of rotatable bonds is 13. The summed E-state index contributed by atoms with van der Waals surface area (Å²) in [7, 11) is 0. The van der Waals surface area contributed by atoms with E-state index < -0.39 is 0 Å². The van der Waals surface area contributed by atoms with E-state index in [0.29, 0.717) is 54.5 Å². The number of unbranched alkanes of at least 4 members (excludes halogenated alkanes) is 2. The number of hydrogen-bond donors (Lipinski definition) is 1. The van der Waals surface area contributed by atoms with Crippen LogP contribution in [0.1, 0.15) is 74.5 Å². The first-order valence-electron chi connectivity index (χ1n) is 12.8. The molecule has 10 heteroatoms. The molecule has 0 unspecified atom stereocenters. The first-order valence-corrected chi connectivity index (χ1v) is 12.8. The van der Waals surface area contributed by atoms with Crippen LogP contribution in [-0.4, -0.2) is 47.6 Å². The van der Waals surface area contributed by atoms with E-state index in [9.17, 15) is 14.4 Å². The zero-order valence-electron chi connectivity index (χ0n) is 22.1. The van der Waals surface area contributed by atoms with Crippen molar-refractivity contribution in [3.05, 3.63) is 70.8 Å². The van der Waals surface area contributed by atoms with Crippen molar-refractivity contribution >= 4 is 35.5 Å². The Morgan fingerprint density at radius 1 is 1.05 bits per heavy atom. The Kier molecular flexibility index (Phi) is 8.30. The lowest BCUT2D eigenvalue weighted by molar-refractivity contribution is 0.101. The summed E-state index contributed by atoms with van der Waals surface area (Å²) in [6.45, 7) is 11.3. The number of aryl methyl sites for hydroxylation is 4. The predicted molar refractivity (Wildman–Crippen MR) is 146 cm³/mol. The van der Waals surface area contributed by atoms with Crippen molar-refractivity contribution in [2.24, 2.45) is 0 Å². The smallest absolute Gasteiger partial charge is 0.276 e. The summed E-state index contributed by atoms with van der Waals surface area (Å²) in [5.74, 6) is 0.113. The van der Waals surface area contributed by atoms with Crippen LogP contribution in [0.2, 0.25) is 0 Å². The maximum Gasteiger partial charge on any atom is 0.276 e. The summed E-state index contributed by atoms with van der Waals surface area (Å²) < 4.78 is 5.33. The predicted octanol–water partition coefficient (Wildman–Crippen LogP) is 4.54. The Hall–Kier alpha value is -4.34. The van der Waals surface area contributed by atoms with Gasteiger partial charge in [-0.3, -0.25) is 29.1 Å². The molecule has 1 aromatic carbocycles. The Morgan fingerprint density at radius 2 is 1.87 bits per heavy atom. The number of nitrogens with one attached hydrogen (secondary N) is 1. The molecule has 4 aromatic rings. The minimum atomic E-state index is -0.277. The lowest BCUT2D eigenvalue weighted by Gasteiger charge is -2.11. The van der Waals surface area contributed by atoms with Gasteiger partial charge in [0.2, 0.25) is 5.95 Å². The number of imidazole rings is 1. The third-order valence-electron chi connectivity index (χ3n) is 6.56. The summed E-state index contributed by atoms with van der Waals surface area (Å²) in [6.07, 6.45) is 6.71. The topological polar surface area (TPSA) is 117 Å². The molecule has 0 saturated heterocycles. The third-order valence-corrected chi connectivity index (χ3v) is 6.56. The number of nitrogens with zero attached hydrogens (tertiary/aromatic N) is 6. The van der Waals surface area contributed by atoms with Gasteiger partial charge >= 0.3 is 0 Å². The number of carbonyl (C=O) groups excluding carboxylic acids is 3. The number of aromatic nitrogens is 6. The van der Waals surface area contributed by atoms with Crippen LogP contribution in [0, 0.1) is 13.8 Å². The quantitative estimate of drug-likeness (QED) is 0.159. The Bertz CT molecular complexity index is 1490. The summed E-state index contributed by atoms with van der Waals surface area (Å²) >= 11 is 0. The van der Waals surface area contributed by atoms with Crippen molar-refractivity contribution in [3.8, 4) is 0 Å². The van der Waals surface area contributed by atoms with Crippen LogP contribution >= 0.6 is 0 Å². The number of fused-ring (bicyclic) bond motifs is 1. The van der Waals surface area contributed by atoms with E-state index in [2.05, 4.69) is 27.1 Å². The highest BCUT2D eigenvalue weighted by Gasteiger charge is 2.23. The van der Waals surface area contributed by atoms with Gasteiger partial charge in [0.15, 0.2) is 6.29 Å². The van der Waals surface area contributed by atoms with Gasteiger partial charge in [0, 0.05) is 30.8 Å². The second-order valence-corrected chi connectivity index (χ2v) is 9.25. The van der Waals surface area contributed by atoms with Crippen LogP contribution in [0.4, 0.5) is 5.95 Å². The van der Waals surface area contributed by atoms with Crippen molar-refractivity contribution in [1.29, 1.82) is 0 Å². The van der Waals surface area contributed by atoms with Crippen LogP contribution in [0.25, 0.3) is 11.0 Å². The van der Waals surface area contributed by atoms with Crippen LogP contribution in [-0.2, 0) is 26.1 Å². The summed E-state index contributed by atoms with van der Waals surface area (Å²) in [5.41, 5.74) is 5.64. The van der Waals surface area contributed by atoms with Gasteiger partial charge in [-0.2, -0.15) is 10.2 Å². The van der Waals surface area contributed by atoms with Gasteiger partial charge in [-0.15, -0.1) is 6.58 Å². The number of amides is 1. The SMILES string of the molecule is C=CCn1c(NC(=O)c2c(CCCCCn3nc(C)cc3C=O)c(C)nn2CC)nc2cc(C=O)ccc21. The lowest BCUT2D eigenvalue weighted by Crippen LogP contribution is -2.21. The Morgan fingerprint density at radius 3 is 2.58 bits per heavy atom. The molecule has 0 radical (unpaired) electrons. The Labute approximate surface area is 221 Å². The summed E-state index contributed by atoms with van der Waals surface area (Å²) in [6, 6.07) is 7.03. The van der Waals surface area contributed by atoms with E-state index in [1.54, 1.807) is 33.6 Å². The second kappa shape index (κ2) is 11.8. The largest absolute Gasteiger partial charge is 0.306 e. The van der Waals surface area contributed by atoms with E-state index in [-0.39, 0.29) is 5.91 Å². The van der Waals surface area contributed by atoms with Gasteiger partial charge in [0.1, 0.15) is 17.7 Å². The average Bonchev–Trinajstić information content (AvgIpc) is 3.55. The molecular weight excluding hydrogens is 482 g/mol. The molecule has 0 aliphatic rings. The number of allylic oxidation sites excluding steroid dienone is 1. The molecule has 3 aromatic heterocycles. The van der Waals surface area contributed by atoms with Crippen molar-refractivity contribution < 1.29 is 14.4 Å². The van der Waals surface area contributed by atoms with Gasteiger partial charge in [-0.25, -0.2) is 4.98 Å². The first-order chi connectivity index (χ1) is 18.4. The highest BCUT2D eigenvalue weighted by atomic mass is 16.2. The molecule has 0 aliphatic heterocycles. The number of anilines is 1. The van der Waals surface area contributed by atoms with Crippen molar-refractivity contribution in [2.45, 2.75) is 66.1 Å². The molecule has 0 fully saturated rings. The summed E-state index contributed by atoms with van der Waals surface area (Å²) in [5, 5.41) is 12.0. The van der Waals surface area contributed by atoms with Gasteiger partial charge in [-0.1, -0.05) is 12.5 Å². The number of carbonyl (C=O) groups is 3. The molecule has 0 spiro atoms. The van der Waals surface area contributed by atoms with E-state index in [1.807, 2.05) is 31.4 Å². The van der Waals surface area contributed by atoms with E-state index >= 15 is 0 Å². The van der Waals surface area contributed by atoms with Gasteiger partial charge in [-0.05, 0) is 64.3 Å². The van der Waals surface area contributed by atoms with Crippen LogP contribution < -0.4 is 5.32 Å². The monoisotopic (exact) mass is 515 g/mol. The van der Waals surface area contributed by atoms with Gasteiger partial charge in [0.05, 0.1) is 22.4 Å². The van der Waals surface area contributed by atoms with Crippen molar-refractivity contribution in [1.82, 2.24) is 29.1 Å². The van der Waals surface area contributed by atoms with E-state index in [0.717, 1.165) is 54.3 Å². The van der Waals surface area contributed by atoms with Crippen LogP contribution in [0.3, 0.4) is 0 Å². The molecule has 4 rings (SSSR count). The average molecular weight is 516 g/mol. The van der Waals surface area contributed by atoms with Gasteiger partial charge in [0.25, 0.3) is 5.91 Å². The maximum absolute atomic E-state index is 13.6. The first kappa shape index (κ1) is 26.7. The fourth-order valence-electron chi connectivity index (χ4n) is 4.77. The number of aldehydes is 2. The Balaban J connectivity index is 1.50. The molecule has 0 aliphatic carbocycles. The molecular formula is C28H33N7O3. The molecule has 198 valence electrons. The normalized spacial score (nSPS) is 11.1. The lowest BCUT2D eigenvalue weighted by atomic mass is 10.0. The van der Waals surface area contributed by atoms with Crippen LogP contribution in [0.15, 0.2) is 36.9 Å². The molecule has 0 saturated carbocycles. The number of hydrogen-bond acceptors (Lipinski definition) is 6. The summed E-state index contributed by atoms with van der Waals surface area (Å²) in [4.78, 5) is 40.6. The maximum atomic E-state index is 13.6. The fraction of sp³-hybridized carbons (Fsp3) is 0.357. The van der Waals surface area contributed by atoms with Crippen molar-refractivity contribution in [2.75, 3.05) is 5.32 Å². The van der Waals surface area contributed by atoms with E-state index in [1.165, 1.54) is 0 Å². The molecule has 0 atom stereocenters. The van der Waals surface area contributed by atoms with E-state index in [4.69, 9.17) is 0 Å². The second-order valence-electron chi connectivity index (χ2n) is 9.25. The van der Waals surface area contributed by atoms with Crippen LogP contribution in [0.5, 0.6) is 0 Å². The minimum Gasteiger partial charge on any atom is -0.306 e. The zero-order valence-corrected chi connectivity index (χ0v) is 22.1. The molecule has 1 amide bonds. The third kappa shape index (κ3) is 5.49. The van der Waals surface area contributed by atoms with Gasteiger partial charge < -0.3 is 4.57 Å². The molecule has 38 heavy (non-hydrogen) atoms. The minimum absolute atomic E-state index is 0.277. The zero-order chi connectivity index (χ0) is 27.2. The number of benzene rings is 1. The van der Waals surface area contributed by atoms with Crippen molar-refractivity contribution in [3.63, 3.8) is 0 Å². The fourth-order valence-corrected chi connectivity index (χ4v) is 4.77. The highest BCUT2D eigenvalue weighted by molar-refractivity contribution is 6.04. The molecule has 1 N–H and O–H groups in total. The standard InChI is InChI=1S/C28H33N7O3/c1-5-13-33-25-12-11-21(17-36)16-24(25)29-28(33)30-27(38)26-23(20(4)32-34(26)6-2)10-8-7-9-14-35-22(18-37)15-19(3)31-35/h5,11-12,15-18H,1,6-10,13-14H2,2-4H3,(H,29,30,38). The molecule has 3 heterocycles.